The zero-order valence-corrected chi connectivity index (χ0v) is 18.6. The van der Waals surface area contributed by atoms with Crippen molar-refractivity contribution in [3.63, 3.8) is 0 Å². The van der Waals surface area contributed by atoms with Crippen molar-refractivity contribution in [2.24, 2.45) is 0 Å². The molecule has 2 aromatic rings. The van der Waals surface area contributed by atoms with E-state index in [0.717, 1.165) is 36.9 Å². The minimum absolute atomic E-state index is 0.133. The van der Waals surface area contributed by atoms with Crippen molar-refractivity contribution >= 4 is 23.4 Å². The van der Waals surface area contributed by atoms with Gasteiger partial charge in [0, 0.05) is 24.2 Å². The molecule has 7 heteroatoms. The van der Waals surface area contributed by atoms with Crippen LogP contribution in [0.1, 0.15) is 60.0 Å². The number of carbonyl (C=O) groups excluding carboxylic acids is 3. The average molecular weight is 448 g/mol. The van der Waals surface area contributed by atoms with Gasteiger partial charge in [0.1, 0.15) is 6.04 Å². The third-order valence-corrected chi connectivity index (χ3v) is 6.89. The number of carbonyl (C=O) groups is 3. The van der Waals surface area contributed by atoms with E-state index in [9.17, 15) is 14.4 Å². The fourth-order valence-electron chi connectivity index (χ4n) is 5.12. The molecule has 5 rings (SSSR count). The minimum Gasteiger partial charge on any atom is -0.380 e. The molecule has 0 bridgehead atoms. The molecule has 172 valence electrons. The predicted octanol–water partition coefficient (Wildman–Crippen LogP) is 3.39. The van der Waals surface area contributed by atoms with Crippen LogP contribution >= 0.6 is 0 Å². The van der Waals surface area contributed by atoms with Gasteiger partial charge in [-0.05, 0) is 48.6 Å². The molecule has 3 amide bonds. The first kappa shape index (κ1) is 21.6. The molecule has 2 heterocycles. The molecule has 0 aromatic heterocycles. The second kappa shape index (κ2) is 9.35. The highest BCUT2D eigenvalue weighted by molar-refractivity contribution is 6.05. The molecule has 33 heavy (non-hydrogen) atoms. The van der Waals surface area contributed by atoms with Gasteiger partial charge in [0.05, 0.1) is 18.8 Å². The second-order valence-electron chi connectivity index (χ2n) is 9.14. The average Bonchev–Trinajstić information content (AvgIpc) is 3.14. The Bertz CT molecular complexity index is 1050. The summed E-state index contributed by atoms with van der Waals surface area (Å²) < 4.78 is 6.28. The summed E-state index contributed by atoms with van der Waals surface area (Å²) in [5, 5.41) is 5.99. The fraction of sp³-hybridized carbons (Fsp3) is 0.423. The number of amides is 3. The number of hydrogen-bond donors (Lipinski definition) is 2. The highest BCUT2D eigenvalue weighted by Gasteiger charge is 2.39. The van der Waals surface area contributed by atoms with E-state index in [1.807, 2.05) is 36.4 Å². The van der Waals surface area contributed by atoms with Gasteiger partial charge in [0.15, 0.2) is 0 Å². The summed E-state index contributed by atoms with van der Waals surface area (Å²) in [5.74, 6) is -0.803. The maximum atomic E-state index is 12.9. The number of piperidine rings is 1. The lowest BCUT2D eigenvalue weighted by Gasteiger charge is -2.33. The number of imide groups is 1. The standard InChI is InChI=1S/C26H29N3O4/c30-24-13-12-22(25(31)28-24)29-15-18-14-19(10-11-20(18)26(29)32)27-21-8-4-5-9-23(21)33-16-17-6-2-1-3-7-17/h1-3,6-7,10-11,14,21-23,27H,4-5,8-9,12-13,15-16H2,(H,28,30,31)/t21-,22?,23+/m0/s1. The molecule has 1 aliphatic carbocycles. The number of ether oxygens (including phenoxy) is 1. The summed E-state index contributed by atoms with van der Waals surface area (Å²) in [6.45, 7) is 0.984. The Morgan fingerprint density at radius 2 is 1.82 bits per heavy atom. The molecular formula is C26H29N3O4. The Hall–Kier alpha value is -3.19. The molecule has 0 spiro atoms. The summed E-state index contributed by atoms with van der Waals surface area (Å²) in [6, 6.07) is 15.6. The van der Waals surface area contributed by atoms with Crippen molar-refractivity contribution in [2.45, 2.75) is 69.9 Å². The van der Waals surface area contributed by atoms with E-state index >= 15 is 0 Å². The number of fused-ring (bicyclic) bond motifs is 1. The summed E-state index contributed by atoms with van der Waals surface area (Å²) >= 11 is 0. The van der Waals surface area contributed by atoms with Gasteiger partial charge in [0.25, 0.3) is 5.91 Å². The minimum atomic E-state index is -0.590. The monoisotopic (exact) mass is 447 g/mol. The largest absolute Gasteiger partial charge is 0.380 e. The van der Waals surface area contributed by atoms with Gasteiger partial charge >= 0.3 is 0 Å². The van der Waals surface area contributed by atoms with E-state index in [-0.39, 0.29) is 36.3 Å². The van der Waals surface area contributed by atoms with Crippen molar-refractivity contribution in [3.05, 3.63) is 65.2 Å². The maximum absolute atomic E-state index is 12.9. The van der Waals surface area contributed by atoms with Crippen LogP contribution < -0.4 is 10.6 Å². The van der Waals surface area contributed by atoms with Crippen LogP contribution in [0.4, 0.5) is 5.69 Å². The topological polar surface area (TPSA) is 87.7 Å². The summed E-state index contributed by atoms with van der Waals surface area (Å²) in [4.78, 5) is 38.2. The quantitative estimate of drug-likeness (QED) is 0.663. The zero-order chi connectivity index (χ0) is 22.8. The van der Waals surface area contributed by atoms with Gasteiger partial charge in [-0.3, -0.25) is 19.7 Å². The zero-order valence-electron chi connectivity index (χ0n) is 18.6. The highest BCUT2D eigenvalue weighted by atomic mass is 16.5. The molecule has 2 fully saturated rings. The van der Waals surface area contributed by atoms with E-state index in [4.69, 9.17) is 4.74 Å². The van der Waals surface area contributed by atoms with Gasteiger partial charge in [-0.2, -0.15) is 0 Å². The first-order valence-electron chi connectivity index (χ1n) is 11.8. The second-order valence-corrected chi connectivity index (χ2v) is 9.14. The normalized spacial score (nSPS) is 25.0. The molecule has 7 nitrogen and oxygen atoms in total. The van der Waals surface area contributed by atoms with Crippen molar-refractivity contribution in [3.8, 4) is 0 Å². The lowest BCUT2D eigenvalue weighted by atomic mass is 9.92. The Balaban J connectivity index is 1.25. The number of hydrogen-bond acceptors (Lipinski definition) is 5. The van der Waals surface area contributed by atoms with E-state index in [1.165, 1.54) is 5.56 Å². The van der Waals surface area contributed by atoms with E-state index in [0.29, 0.717) is 25.1 Å². The summed E-state index contributed by atoms with van der Waals surface area (Å²) in [6.07, 6.45) is 5.16. The van der Waals surface area contributed by atoms with E-state index < -0.39 is 6.04 Å². The SMILES string of the molecule is O=C1CCC(N2Cc3cc(N[C@H]4CCCC[C@H]4OCc4ccccc4)ccc3C2=O)C(=O)N1. The lowest BCUT2D eigenvalue weighted by molar-refractivity contribution is -0.136. The molecule has 2 aliphatic heterocycles. The Labute approximate surface area is 193 Å². The van der Waals surface area contributed by atoms with E-state index in [1.54, 1.807) is 4.90 Å². The smallest absolute Gasteiger partial charge is 0.255 e. The molecule has 1 saturated carbocycles. The summed E-state index contributed by atoms with van der Waals surface area (Å²) in [5.41, 5.74) is 3.68. The van der Waals surface area contributed by atoms with Gasteiger partial charge in [-0.15, -0.1) is 0 Å². The van der Waals surface area contributed by atoms with Crippen molar-refractivity contribution < 1.29 is 19.1 Å². The molecule has 1 unspecified atom stereocenters. The van der Waals surface area contributed by atoms with Crippen LogP contribution in [0.25, 0.3) is 0 Å². The lowest BCUT2D eigenvalue weighted by Crippen LogP contribution is -2.52. The fourth-order valence-corrected chi connectivity index (χ4v) is 5.12. The molecule has 3 atom stereocenters. The summed E-state index contributed by atoms with van der Waals surface area (Å²) in [7, 11) is 0. The first-order valence-corrected chi connectivity index (χ1v) is 11.8. The van der Waals surface area contributed by atoms with E-state index in [2.05, 4.69) is 22.8 Å². The van der Waals surface area contributed by atoms with Crippen molar-refractivity contribution in [1.29, 1.82) is 0 Å². The number of rotatable bonds is 6. The van der Waals surface area contributed by atoms with Gasteiger partial charge in [-0.25, -0.2) is 0 Å². The van der Waals surface area contributed by atoms with Crippen LogP contribution in [0, 0.1) is 0 Å². The Morgan fingerprint density at radius 3 is 2.64 bits per heavy atom. The Morgan fingerprint density at radius 1 is 1.00 bits per heavy atom. The van der Waals surface area contributed by atoms with Gasteiger partial charge < -0.3 is 15.0 Å². The van der Waals surface area contributed by atoms with Gasteiger partial charge in [0.2, 0.25) is 11.8 Å². The number of benzene rings is 2. The number of nitrogens with one attached hydrogen (secondary N) is 2. The number of anilines is 1. The first-order chi connectivity index (χ1) is 16.1. The molecule has 2 aromatic carbocycles. The molecular weight excluding hydrogens is 418 g/mol. The van der Waals surface area contributed by atoms with Crippen LogP contribution in [0.5, 0.6) is 0 Å². The third kappa shape index (κ3) is 4.64. The van der Waals surface area contributed by atoms with Crippen LogP contribution in [0.3, 0.4) is 0 Å². The Kier molecular flexibility index (Phi) is 6.13. The van der Waals surface area contributed by atoms with Crippen LogP contribution in [0.15, 0.2) is 48.5 Å². The van der Waals surface area contributed by atoms with Gasteiger partial charge in [-0.1, -0.05) is 43.2 Å². The van der Waals surface area contributed by atoms with Crippen molar-refractivity contribution in [1.82, 2.24) is 10.2 Å². The van der Waals surface area contributed by atoms with Crippen LogP contribution in [0.2, 0.25) is 0 Å². The molecule has 2 N–H and O–H groups in total. The van der Waals surface area contributed by atoms with Crippen LogP contribution in [-0.2, 0) is 27.5 Å². The van der Waals surface area contributed by atoms with Crippen LogP contribution in [-0.4, -0.2) is 40.8 Å². The highest BCUT2D eigenvalue weighted by Crippen LogP contribution is 2.31. The third-order valence-electron chi connectivity index (χ3n) is 6.89. The maximum Gasteiger partial charge on any atom is 0.255 e. The predicted molar refractivity (Wildman–Crippen MR) is 123 cm³/mol. The molecule has 3 aliphatic rings. The molecule has 0 radical (unpaired) electrons. The number of nitrogens with zero attached hydrogens (tertiary/aromatic N) is 1. The van der Waals surface area contributed by atoms with Crippen molar-refractivity contribution in [2.75, 3.05) is 5.32 Å². The molecule has 1 saturated heterocycles.